The van der Waals surface area contributed by atoms with Crippen LogP contribution < -0.4 is 4.90 Å². The molecule has 0 bridgehead atoms. The minimum absolute atomic E-state index is 0.938. The number of aliphatic imine (C=N–C) groups is 2. The Morgan fingerprint density at radius 3 is 2.00 bits per heavy atom. The number of anilines is 1. The lowest BCUT2D eigenvalue weighted by molar-refractivity contribution is 0.739. The third kappa shape index (κ3) is 4.00. The van der Waals surface area contributed by atoms with Crippen molar-refractivity contribution < 1.29 is 0 Å². The maximum Gasteiger partial charge on any atom is 0.137 e. The van der Waals surface area contributed by atoms with Crippen molar-refractivity contribution in [3.05, 3.63) is 36.4 Å². The topological polar surface area (TPSA) is 40.9 Å². The Labute approximate surface area is 161 Å². The van der Waals surface area contributed by atoms with Crippen molar-refractivity contribution in [2.75, 3.05) is 18.0 Å². The summed E-state index contributed by atoms with van der Waals surface area (Å²) in [5.41, 5.74) is 2.89. The number of aromatic nitrogens is 1. The molecule has 0 spiro atoms. The Balaban J connectivity index is 2.33. The summed E-state index contributed by atoms with van der Waals surface area (Å²) in [7, 11) is 0. The van der Waals surface area contributed by atoms with Gasteiger partial charge in [-0.05, 0) is 56.3 Å². The molecular weight excluding hydrogens is 332 g/mol. The molecule has 140 valence electrons. The Hall–Kier alpha value is -2.75. The van der Waals surface area contributed by atoms with Gasteiger partial charge in [-0.15, -0.1) is 0 Å². The predicted octanol–water partition coefficient (Wildman–Crippen LogP) is 6.46. The monoisotopic (exact) mass is 360 g/mol. The number of hydrogen-bond acceptors (Lipinski definition) is 4. The van der Waals surface area contributed by atoms with Crippen molar-refractivity contribution in [1.82, 2.24) is 4.98 Å². The molecule has 4 nitrogen and oxygen atoms in total. The summed E-state index contributed by atoms with van der Waals surface area (Å²) in [4.78, 5) is 16.4. The molecule has 3 rings (SSSR count). The summed E-state index contributed by atoms with van der Waals surface area (Å²) in [6, 6.07) is 12.7. The third-order valence-electron chi connectivity index (χ3n) is 4.58. The fraction of sp³-hybridized carbons (Fsp3) is 0.348. The molecule has 1 aromatic heterocycles. The maximum atomic E-state index is 5.09. The van der Waals surface area contributed by atoms with Gasteiger partial charge >= 0.3 is 0 Å². The number of hydrogen-bond donors (Lipinski definition) is 0. The van der Waals surface area contributed by atoms with Crippen molar-refractivity contribution in [3.63, 3.8) is 0 Å². The molecule has 2 aromatic carbocycles. The van der Waals surface area contributed by atoms with E-state index in [9.17, 15) is 0 Å². The zero-order valence-electron chi connectivity index (χ0n) is 16.7. The third-order valence-corrected chi connectivity index (χ3v) is 4.58. The van der Waals surface area contributed by atoms with E-state index < -0.39 is 0 Å². The fourth-order valence-electron chi connectivity index (χ4n) is 3.53. The van der Waals surface area contributed by atoms with Gasteiger partial charge in [0.05, 0.1) is 16.9 Å². The molecule has 0 fully saturated rings. The minimum atomic E-state index is 0.938. The number of pyridine rings is 1. The first-order valence-electron chi connectivity index (χ1n) is 9.81. The molecule has 0 unspecified atom stereocenters. The Morgan fingerprint density at radius 2 is 1.41 bits per heavy atom. The highest BCUT2D eigenvalue weighted by Gasteiger charge is 2.15. The van der Waals surface area contributed by atoms with Gasteiger partial charge in [-0.1, -0.05) is 26.0 Å². The van der Waals surface area contributed by atoms with Crippen LogP contribution >= 0.6 is 0 Å². The SMILES string of the molecule is CC=Nc1ccc2c(c1)nc(N(CCC)CCC)c1cc(N=CC)ccc12. The lowest BCUT2D eigenvalue weighted by Gasteiger charge is -2.25. The number of fused-ring (bicyclic) bond motifs is 3. The first-order chi connectivity index (χ1) is 13.2. The van der Waals surface area contributed by atoms with Gasteiger partial charge in [0.2, 0.25) is 0 Å². The van der Waals surface area contributed by atoms with Crippen LogP contribution in [0, 0.1) is 0 Å². The normalized spacial score (nSPS) is 12.0. The van der Waals surface area contributed by atoms with Crippen LogP contribution in [0.1, 0.15) is 40.5 Å². The van der Waals surface area contributed by atoms with E-state index in [4.69, 9.17) is 4.98 Å². The first-order valence-corrected chi connectivity index (χ1v) is 9.81. The molecule has 0 aliphatic carbocycles. The van der Waals surface area contributed by atoms with Crippen molar-refractivity contribution in [2.45, 2.75) is 40.5 Å². The highest BCUT2D eigenvalue weighted by atomic mass is 15.2. The zero-order valence-corrected chi connectivity index (χ0v) is 16.7. The average molecular weight is 361 g/mol. The summed E-state index contributed by atoms with van der Waals surface area (Å²) < 4.78 is 0. The largest absolute Gasteiger partial charge is 0.356 e. The highest BCUT2D eigenvalue weighted by molar-refractivity contribution is 6.11. The average Bonchev–Trinajstić information content (AvgIpc) is 2.67. The number of benzene rings is 2. The van der Waals surface area contributed by atoms with Crippen LogP contribution in [0.15, 0.2) is 46.4 Å². The Bertz CT molecular complexity index is 982. The van der Waals surface area contributed by atoms with Crippen LogP contribution in [-0.2, 0) is 0 Å². The fourth-order valence-corrected chi connectivity index (χ4v) is 3.53. The van der Waals surface area contributed by atoms with Crippen LogP contribution in [-0.4, -0.2) is 30.5 Å². The highest BCUT2D eigenvalue weighted by Crippen LogP contribution is 2.35. The molecule has 0 saturated heterocycles. The van der Waals surface area contributed by atoms with Gasteiger partial charge in [0.15, 0.2) is 0 Å². The number of nitrogens with zero attached hydrogens (tertiary/aromatic N) is 4. The summed E-state index contributed by atoms with van der Waals surface area (Å²) in [5, 5.41) is 3.54. The molecule has 4 heteroatoms. The Kier molecular flexibility index (Phi) is 6.17. The first kappa shape index (κ1) is 19.0. The summed E-state index contributed by atoms with van der Waals surface area (Å²) in [5.74, 6) is 1.05. The second-order valence-electron chi connectivity index (χ2n) is 6.63. The van der Waals surface area contributed by atoms with Gasteiger partial charge in [-0.3, -0.25) is 9.98 Å². The van der Waals surface area contributed by atoms with E-state index in [1.807, 2.05) is 26.3 Å². The van der Waals surface area contributed by atoms with Gasteiger partial charge in [-0.25, -0.2) is 4.98 Å². The molecule has 0 aliphatic rings. The van der Waals surface area contributed by atoms with E-state index in [0.717, 1.165) is 54.0 Å². The molecule has 0 aliphatic heterocycles. The lowest BCUT2D eigenvalue weighted by atomic mass is 10.0. The van der Waals surface area contributed by atoms with E-state index >= 15 is 0 Å². The smallest absolute Gasteiger partial charge is 0.137 e. The molecule has 0 radical (unpaired) electrons. The standard InChI is InChI=1S/C23H28N4/c1-5-13-27(14-6-2)23-21-15-17(24-7-3)9-11-19(21)20-12-10-18(25-8-4)16-22(20)26-23/h7-12,15-16H,5-6,13-14H2,1-4H3. The minimum Gasteiger partial charge on any atom is -0.356 e. The molecule has 0 saturated carbocycles. The zero-order chi connectivity index (χ0) is 19.2. The quantitative estimate of drug-likeness (QED) is 0.358. The maximum absolute atomic E-state index is 5.09. The van der Waals surface area contributed by atoms with Crippen LogP contribution in [0.4, 0.5) is 17.2 Å². The van der Waals surface area contributed by atoms with E-state index in [1.165, 1.54) is 10.8 Å². The molecule has 0 N–H and O–H groups in total. The summed E-state index contributed by atoms with van der Waals surface area (Å²) in [6.07, 6.45) is 5.83. The van der Waals surface area contributed by atoms with Gasteiger partial charge in [-0.2, -0.15) is 0 Å². The van der Waals surface area contributed by atoms with Gasteiger partial charge in [0.25, 0.3) is 0 Å². The lowest BCUT2D eigenvalue weighted by Crippen LogP contribution is -2.26. The molecule has 3 aromatic rings. The van der Waals surface area contributed by atoms with Crippen LogP contribution in [0.3, 0.4) is 0 Å². The second kappa shape index (κ2) is 8.76. The molecule has 27 heavy (non-hydrogen) atoms. The summed E-state index contributed by atoms with van der Waals surface area (Å²) in [6.45, 7) is 10.3. The van der Waals surface area contributed by atoms with E-state index in [-0.39, 0.29) is 0 Å². The molecule has 0 amide bonds. The van der Waals surface area contributed by atoms with Crippen molar-refractivity contribution >= 4 is 51.3 Å². The number of rotatable bonds is 7. The molecule has 1 heterocycles. The van der Waals surface area contributed by atoms with E-state index in [0.29, 0.717) is 0 Å². The van der Waals surface area contributed by atoms with E-state index in [1.54, 1.807) is 0 Å². The molecule has 0 atom stereocenters. The second-order valence-corrected chi connectivity index (χ2v) is 6.63. The van der Waals surface area contributed by atoms with Crippen molar-refractivity contribution in [2.24, 2.45) is 9.98 Å². The van der Waals surface area contributed by atoms with Crippen LogP contribution in [0.25, 0.3) is 21.7 Å². The van der Waals surface area contributed by atoms with Gasteiger partial charge < -0.3 is 4.90 Å². The van der Waals surface area contributed by atoms with Gasteiger partial charge in [0.1, 0.15) is 5.82 Å². The summed E-state index contributed by atoms with van der Waals surface area (Å²) >= 11 is 0. The van der Waals surface area contributed by atoms with Gasteiger partial charge in [0, 0.05) is 36.3 Å². The van der Waals surface area contributed by atoms with Crippen LogP contribution in [0.2, 0.25) is 0 Å². The predicted molar refractivity (Wildman–Crippen MR) is 120 cm³/mol. The Morgan fingerprint density at radius 1 is 0.815 bits per heavy atom. The van der Waals surface area contributed by atoms with Crippen molar-refractivity contribution in [3.8, 4) is 0 Å². The van der Waals surface area contributed by atoms with E-state index in [2.05, 4.69) is 65.1 Å². The van der Waals surface area contributed by atoms with Crippen molar-refractivity contribution in [1.29, 1.82) is 0 Å². The molecular formula is C23H28N4. The van der Waals surface area contributed by atoms with Crippen LogP contribution in [0.5, 0.6) is 0 Å².